The molecule has 0 N–H and O–H groups in total. The van der Waals surface area contributed by atoms with Crippen LogP contribution in [0.15, 0.2) is 108 Å². The van der Waals surface area contributed by atoms with Crippen molar-refractivity contribution >= 4 is 5.69 Å². The van der Waals surface area contributed by atoms with Gasteiger partial charge in [0.1, 0.15) is 40.3 Å². The van der Waals surface area contributed by atoms with Crippen LogP contribution < -0.4 is 0 Å². The van der Waals surface area contributed by atoms with E-state index in [1.807, 2.05) is 77.1 Å². The highest BCUT2D eigenvalue weighted by Gasteiger charge is 2.24. The van der Waals surface area contributed by atoms with Gasteiger partial charge in [0.15, 0.2) is 0 Å². The molecular formula is C84H146N2O8. The van der Waals surface area contributed by atoms with Crippen LogP contribution in [0.4, 0.5) is 5.69 Å². The van der Waals surface area contributed by atoms with Gasteiger partial charge in [0.25, 0.3) is 5.69 Å². The summed E-state index contributed by atoms with van der Waals surface area (Å²) in [5.74, 6) is 17.2. The minimum atomic E-state index is -0.322. The minimum Gasteiger partial charge on any atom is -0.472 e. The van der Waals surface area contributed by atoms with Crippen LogP contribution in [0.1, 0.15) is 323 Å². The lowest BCUT2D eigenvalue weighted by atomic mass is 9.82. The summed E-state index contributed by atoms with van der Waals surface area (Å²) < 4.78 is 31.3. The summed E-state index contributed by atoms with van der Waals surface area (Å²) in [6.45, 7) is 69.1. The number of hydrogen-bond acceptors (Lipinski definition) is 9. The zero-order valence-electron chi connectivity index (χ0n) is 66.2. The molecule has 9 rings (SSSR count). The Morgan fingerprint density at radius 2 is 1.00 bits per heavy atom. The summed E-state index contributed by atoms with van der Waals surface area (Å²) in [7, 11) is 0. The van der Waals surface area contributed by atoms with E-state index in [9.17, 15) is 10.1 Å². The fourth-order valence-electron chi connectivity index (χ4n) is 9.97. The number of rotatable bonds is 14. The summed E-state index contributed by atoms with van der Waals surface area (Å²) >= 11 is 0. The van der Waals surface area contributed by atoms with E-state index in [1.54, 1.807) is 30.9 Å². The van der Waals surface area contributed by atoms with Crippen molar-refractivity contribution in [2.75, 3.05) is 26.3 Å². The second kappa shape index (κ2) is 52.1. The van der Waals surface area contributed by atoms with Crippen LogP contribution in [-0.2, 0) is 11.2 Å². The first kappa shape index (κ1) is 91.0. The van der Waals surface area contributed by atoms with E-state index in [1.165, 1.54) is 74.5 Å². The third-order valence-electron chi connectivity index (χ3n) is 17.0. The molecule has 0 radical (unpaired) electrons. The molecule has 0 bridgehead atoms. The molecule has 2 aliphatic carbocycles. The summed E-state index contributed by atoms with van der Waals surface area (Å²) in [6, 6.07) is 21.7. The van der Waals surface area contributed by atoms with Gasteiger partial charge in [-0.3, -0.25) is 15.0 Å². The third-order valence-corrected chi connectivity index (χ3v) is 17.0. The van der Waals surface area contributed by atoms with E-state index in [0.29, 0.717) is 41.5 Å². The Labute approximate surface area is 578 Å². The number of morpholine rings is 1. The van der Waals surface area contributed by atoms with E-state index in [2.05, 4.69) is 190 Å². The minimum absolute atomic E-state index is 0.233. The van der Waals surface area contributed by atoms with E-state index >= 15 is 0 Å². The zero-order valence-corrected chi connectivity index (χ0v) is 66.2. The average Bonchev–Trinajstić information content (AvgIpc) is 2.20. The van der Waals surface area contributed by atoms with Gasteiger partial charge in [0.2, 0.25) is 0 Å². The smallest absolute Gasteiger partial charge is 0.272 e. The number of benzene rings is 1. The molecule has 10 nitrogen and oxygen atoms in total. The number of aryl methyl sites for hydroxylation is 5. The first-order valence-electron chi connectivity index (χ1n) is 36.8. The highest BCUT2D eigenvalue weighted by molar-refractivity contribution is 5.40. The molecule has 0 atom stereocenters. The van der Waals surface area contributed by atoms with Crippen LogP contribution in [0.2, 0.25) is 0 Å². The second-order valence-electron chi connectivity index (χ2n) is 30.2. The highest BCUT2D eigenvalue weighted by atomic mass is 16.6. The lowest BCUT2D eigenvalue weighted by Crippen LogP contribution is -2.40. The molecule has 10 heteroatoms. The summed E-state index contributed by atoms with van der Waals surface area (Å²) in [5.41, 5.74) is 4.98. The Balaban J connectivity index is 0. The maximum atomic E-state index is 10.6. The van der Waals surface area contributed by atoms with Gasteiger partial charge < -0.3 is 26.8 Å². The van der Waals surface area contributed by atoms with Crippen molar-refractivity contribution in [1.29, 1.82) is 0 Å². The van der Waals surface area contributed by atoms with E-state index in [0.717, 1.165) is 120 Å². The molecule has 3 fully saturated rings. The van der Waals surface area contributed by atoms with Crippen LogP contribution in [0, 0.1) is 92.1 Å². The molecule has 3 aliphatic rings. The van der Waals surface area contributed by atoms with Gasteiger partial charge in [-0.25, -0.2) is 0 Å². The van der Waals surface area contributed by atoms with Gasteiger partial charge in [0, 0.05) is 42.6 Å². The van der Waals surface area contributed by atoms with Crippen LogP contribution in [0.25, 0.3) is 0 Å². The molecule has 5 aromatic heterocycles. The Hall–Kier alpha value is -5.06. The molecule has 6 heterocycles. The van der Waals surface area contributed by atoms with Gasteiger partial charge in [-0.05, 0) is 192 Å². The van der Waals surface area contributed by atoms with Gasteiger partial charge >= 0.3 is 0 Å². The largest absolute Gasteiger partial charge is 0.472 e. The number of ether oxygens (including phenoxy) is 1. The molecule has 94 heavy (non-hydrogen) atoms. The summed E-state index contributed by atoms with van der Waals surface area (Å²) in [6.07, 6.45) is 19.1. The fourth-order valence-corrected chi connectivity index (χ4v) is 9.97. The van der Waals surface area contributed by atoms with Gasteiger partial charge in [0.05, 0.1) is 36.9 Å². The lowest BCUT2D eigenvalue weighted by Gasteiger charge is -2.29. The monoisotopic (exact) mass is 1310 g/mol. The number of hydrogen-bond donors (Lipinski definition) is 0. The lowest BCUT2D eigenvalue weighted by molar-refractivity contribution is -0.385. The van der Waals surface area contributed by atoms with Crippen molar-refractivity contribution in [2.45, 2.75) is 308 Å². The number of furan rings is 5. The molecule has 0 unspecified atom stereocenters. The van der Waals surface area contributed by atoms with Crippen LogP contribution in [-0.4, -0.2) is 42.2 Å². The van der Waals surface area contributed by atoms with Crippen LogP contribution in [0.3, 0.4) is 0 Å². The maximum Gasteiger partial charge on any atom is 0.272 e. The van der Waals surface area contributed by atoms with Crippen molar-refractivity contribution in [1.82, 2.24) is 4.90 Å². The van der Waals surface area contributed by atoms with Crippen LogP contribution >= 0.6 is 0 Å². The first-order chi connectivity index (χ1) is 44.0. The zero-order chi connectivity index (χ0) is 72.2. The van der Waals surface area contributed by atoms with E-state index < -0.39 is 0 Å². The Morgan fingerprint density at radius 3 is 1.22 bits per heavy atom. The maximum absolute atomic E-state index is 10.6. The SMILES string of the molecule is CC(C)C(C)C.CC(C)C1CC1.CC(C)C1CCCCC1.CC(C)Cc1ccccc1[N+](=O)[O-].CC(C)N1CCOCC1.CC(C)c1ccco1.CC(C)c1ccoc1.CCCC(C)C.Cc1cc(C(C)C)c(C)o1.Cc1cc(C(C)C)c(C)o1.Cc1ccc(C(C)C)o1. The fraction of sp³-hybridized carbons (Fsp3) is 0.690. The van der Waals surface area contributed by atoms with Gasteiger partial charge in [-0.15, -0.1) is 0 Å². The predicted octanol–water partition coefficient (Wildman–Crippen LogP) is 27.1. The van der Waals surface area contributed by atoms with Crippen LogP contribution in [0.5, 0.6) is 0 Å². The Kier molecular flexibility index (Phi) is 50.4. The molecule has 540 valence electrons. The number of para-hydroxylation sites is 1. The van der Waals surface area contributed by atoms with Crippen molar-refractivity contribution in [3.05, 3.63) is 158 Å². The number of nitro benzene ring substituents is 1. The summed E-state index contributed by atoms with van der Waals surface area (Å²) in [4.78, 5) is 12.7. The van der Waals surface area contributed by atoms with E-state index in [4.69, 9.17) is 26.8 Å². The molecule has 1 aromatic carbocycles. The molecule has 2 saturated carbocycles. The quantitative estimate of drug-likeness (QED) is 0.0775. The molecule has 1 saturated heterocycles. The van der Waals surface area contributed by atoms with Crippen molar-refractivity contribution in [3.63, 3.8) is 0 Å². The summed E-state index contributed by atoms with van der Waals surface area (Å²) in [5, 5.41) is 10.6. The van der Waals surface area contributed by atoms with Crippen molar-refractivity contribution < 1.29 is 31.7 Å². The standard InChI is InChI=1S/C10H13NO2.2C9H14O.C9H18.C8H12O.C7H15NO.2C7H10O.C6H12.2C6H14/c1-8(2)7-9-5-3-4-6-10(9)11(12)13;2*1-6(2)9-5-7(3)10-8(9)4;1-8(2)9-6-4-3-5-7-9;1-6(2)8-5-4-7(3)9-8;1-7(2)8-3-5-9-6-4-8;1-6(2)7-3-4-8-5-7;1-6(2)7-4-3-5-8-7;1-5(2)6-3-4-6;1-5(2)6(3)4;1-4-5-6(2)3/h3-6,8H,7H2,1-2H3;2*5-6H,1-4H3;8-9H,3-7H2,1-2H3;4-6H,1-3H3;7H,3-6H2,1-2H3;2*3-6H,1-2H3;5-6H,3-4H2,1-2H3;5-6H,1-4H3;6H,4-5H2,1-3H3. The average molecular weight is 1310 g/mol. The van der Waals surface area contributed by atoms with Crippen molar-refractivity contribution in [2.24, 2.45) is 47.3 Å². The molecule has 0 spiro atoms. The molecule has 1 aliphatic heterocycles. The Morgan fingerprint density at radius 1 is 0.511 bits per heavy atom. The topological polar surface area (TPSA) is 121 Å². The number of nitrogens with zero attached hydrogens (tertiary/aromatic N) is 2. The van der Waals surface area contributed by atoms with Crippen molar-refractivity contribution in [3.8, 4) is 0 Å². The molecular weight excluding hydrogens is 1160 g/mol. The molecule has 0 amide bonds. The van der Waals surface area contributed by atoms with Gasteiger partial charge in [-0.1, -0.05) is 222 Å². The molecule has 6 aromatic rings. The van der Waals surface area contributed by atoms with E-state index in [-0.39, 0.29) is 10.6 Å². The Bertz CT molecular complexity index is 2530. The highest BCUT2D eigenvalue weighted by Crippen LogP contribution is 2.36. The number of nitro groups is 1. The second-order valence-corrected chi connectivity index (χ2v) is 30.2. The third kappa shape index (κ3) is 45.4. The van der Waals surface area contributed by atoms with Gasteiger partial charge in [-0.2, -0.15) is 0 Å². The predicted molar refractivity (Wildman–Crippen MR) is 405 cm³/mol. The normalized spacial score (nSPS) is 13.7. The first-order valence-corrected chi connectivity index (χ1v) is 36.8.